The van der Waals surface area contributed by atoms with Gasteiger partial charge in [-0.1, -0.05) is 12.1 Å². The molecule has 3 nitrogen and oxygen atoms in total. The van der Waals surface area contributed by atoms with Crippen LogP contribution in [0.25, 0.3) is 0 Å². The minimum absolute atomic E-state index is 0.628. The Morgan fingerprint density at radius 2 is 1.94 bits per heavy atom. The van der Waals surface area contributed by atoms with E-state index in [1.54, 1.807) is 0 Å². The molecule has 1 aromatic carbocycles. The maximum absolute atomic E-state index is 5.85. The largest absolute Gasteiger partial charge is 0.371 e. The first-order chi connectivity index (χ1) is 8.61. The van der Waals surface area contributed by atoms with E-state index in [0.29, 0.717) is 6.54 Å². The van der Waals surface area contributed by atoms with Gasteiger partial charge in [-0.2, -0.15) is 0 Å². The van der Waals surface area contributed by atoms with Crippen LogP contribution in [0, 0.1) is 6.92 Å². The summed E-state index contributed by atoms with van der Waals surface area (Å²) in [5.41, 5.74) is 9.77. The van der Waals surface area contributed by atoms with Crippen LogP contribution in [0.3, 0.4) is 0 Å². The van der Waals surface area contributed by atoms with E-state index in [0.717, 1.165) is 19.1 Å². The number of benzene rings is 1. The molecule has 2 rings (SSSR count). The van der Waals surface area contributed by atoms with Gasteiger partial charge in [0.25, 0.3) is 0 Å². The van der Waals surface area contributed by atoms with Crippen molar-refractivity contribution in [3.8, 4) is 0 Å². The first-order valence-electron chi connectivity index (χ1n) is 6.83. The Morgan fingerprint density at radius 3 is 2.50 bits per heavy atom. The lowest BCUT2D eigenvalue weighted by molar-refractivity contribution is 0.249. The second kappa shape index (κ2) is 5.72. The van der Waals surface area contributed by atoms with Gasteiger partial charge in [-0.05, 0) is 51.1 Å². The van der Waals surface area contributed by atoms with Crippen molar-refractivity contribution < 1.29 is 0 Å². The van der Waals surface area contributed by atoms with Gasteiger partial charge in [0.2, 0.25) is 0 Å². The van der Waals surface area contributed by atoms with E-state index in [2.05, 4.69) is 49.0 Å². The summed E-state index contributed by atoms with van der Waals surface area (Å²) >= 11 is 0. The molecular formula is C15H25N3. The summed E-state index contributed by atoms with van der Waals surface area (Å²) in [6, 6.07) is 7.33. The fraction of sp³-hybridized carbons (Fsp3) is 0.600. The lowest BCUT2D eigenvalue weighted by Gasteiger charge is -2.37. The molecule has 0 aromatic heterocycles. The second-order valence-electron chi connectivity index (χ2n) is 5.52. The normalized spacial score (nSPS) is 17.5. The van der Waals surface area contributed by atoms with E-state index in [1.165, 1.54) is 29.7 Å². The van der Waals surface area contributed by atoms with Crippen molar-refractivity contribution in [1.29, 1.82) is 0 Å². The molecule has 1 aromatic rings. The SMILES string of the molecule is Cc1ccc(CN)c(N2CCC(N(C)C)CC2)c1. The van der Waals surface area contributed by atoms with E-state index < -0.39 is 0 Å². The second-order valence-corrected chi connectivity index (χ2v) is 5.52. The van der Waals surface area contributed by atoms with Crippen LogP contribution in [-0.4, -0.2) is 38.1 Å². The van der Waals surface area contributed by atoms with Crippen LogP contribution in [0.2, 0.25) is 0 Å². The van der Waals surface area contributed by atoms with Gasteiger partial charge in [0.15, 0.2) is 0 Å². The van der Waals surface area contributed by atoms with Crippen LogP contribution >= 0.6 is 0 Å². The smallest absolute Gasteiger partial charge is 0.0414 e. The Labute approximate surface area is 111 Å². The summed E-state index contributed by atoms with van der Waals surface area (Å²) in [6.45, 7) is 5.05. The summed E-state index contributed by atoms with van der Waals surface area (Å²) in [6.07, 6.45) is 2.48. The minimum Gasteiger partial charge on any atom is -0.371 e. The first-order valence-corrected chi connectivity index (χ1v) is 6.83. The summed E-state index contributed by atoms with van der Waals surface area (Å²) in [5, 5.41) is 0. The molecule has 2 N–H and O–H groups in total. The van der Waals surface area contributed by atoms with Crippen LogP contribution in [0.1, 0.15) is 24.0 Å². The molecule has 0 saturated carbocycles. The molecule has 0 amide bonds. The molecule has 0 bridgehead atoms. The van der Waals surface area contributed by atoms with Crippen molar-refractivity contribution in [2.24, 2.45) is 5.73 Å². The monoisotopic (exact) mass is 247 g/mol. The van der Waals surface area contributed by atoms with E-state index in [9.17, 15) is 0 Å². The van der Waals surface area contributed by atoms with Crippen molar-refractivity contribution in [2.75, 3.05) is 32.1 Å². The van der Waals surface area contributed by atoms with Crippen molar-refractivity contribution in [2.45, 2.75) is 32.4 Å². The van der Waals surface area contributed by atoms with E-state index >= 15 is 0 Å². The Bertz CT molecular complexity index is 393. The highest BCUT2D eigenvalue weighted by atomic mass is 15.2. The van der Waals surface area contributed by atoms with Gasteiger partial charge in [0.05, 0.1) is 0 Å². The van der Waals surface area contributed by atoms with Gasteiger partial charge in [-0.3, -0.25) is 0 Å². The zero-order chi connectivity index (χ0) is 13.1. The number of hydrogen-bond acceptors (Lipinski definition) is 3. The number of piperidine rings is 1. The first kappa shape index (κ1) is 13.4. The number of rotatable bonds is 3. The Balaban J connectivity index is 2.11. The van der Waals surface area contributed by atoms with E-state index in [4.69, 9.17) is 5.73 Å². The predicted molar refractivity (Wildman–Crippen MR) is 78.0 cm³/mol. The molecule has 0 spiro atoms. The maximum atomic E-state index is 5.85. The van der Waals surface area contributed by atoms with Crippen LogP contribution in [0.15, 0.2) is 18.2 Å². The van der Waals surface area contributed by atoms with Gasteiger partial charge in [-0.15, -0.1) is 0 Å². The van der Waals surface area contributed by atoms with Crippen molar-refractivity contribution in [3.63, 3.8) is 0 Å². The molecule has 0 radical (unpaired) electrons. The molecule has 100 valence electrons. The number of aryl methyl sites for hydroxylation is 1. The van der Waals surface area contributed by atoms with Crippen LogP contribution in [0.4, 0.5) is 5.69 Å². The van der Waals surface area contributed by atoms with Gasteiger partial charge in [0, 0.05) is 31.4 Å². The average Bonchev–Trinajstić information content (AvgIpc) is 2.39. The van der Waals surface area contributed by atoms with Crippen LogP contribution < -0.4 is 10.6 Å². The van der Waals surface area contributed by atoms with Gasteiger partial charge < -0.3 is 15.5 Å². The summed E-state index contributed by atoms with van der Waals surface area (Å²) in [5.74, 6) is 0. The molecule has 1 aliphatic heterocycles. The highest BCUT2D eigenvalue weighted by Gasteiger charge is 2.21. The zero-order valence-electron chi connectivity index (χ0n) is 11.8. The molecule has 1 aliphatic rings. The van der Waals surface area contributed by atoms with Gasteiger partial charge >= 0.3 is 0 Å². The molecule has 18 heavy (non-hydrogen) atoms. The fourth-order valence-electron chi connectivity index (χ4n) is 2.76. The predicted octanol–water partition coefficient (Wildman–Crippen LogP) is 1.98. The third-order valence-corrected chi connectivity index (χ3v) is 4.00. The number of anilines is 1. The fourth-order valence-corrected chi connectivity index (χ4v) is 2.76. The molecular weight excluding hydrogens is 222 g/mol. The maximum Gasteiger partial charge on any atom is 0.0414 e. The molecule has 0 unspecified atom stereocenters. The molecule has 3 heteroatoms. The summed E-state index contributed by atoms with van der Waals surface area (Å²) in [4.78, 5) is 4.84. The average molecular weight is 247 g/mol. The van der Waals surface area contributed by atoms with Crippen molar-refractivity contribution >= 4 is 5.69 Å². The summed E-state index contributed by atoms with van der Waals surface area (Å²) < 4.78 is 0. The third kappa shape index (κ3) is 2.85. The Hall–Kier alpha value is -1.06. The lowest BCUT2D eigenvalue weighted by atomic mass is 10.0. The number of nitrogens with zero attached hydrogens (tertiary/aromatic N) is 2. The van der Waals surface area contributed by atoms with Crippen LogP contribution in [-0.2, 0) is 6.54 Å². The molecule has 1 heterocycles. The van der Waals surface area contributed by atoms with Crippen LogP contribution in [0.5, 0.6) is 0 Å². The standard InChI is InChI=1S/C15H25N3/c1-12-4-5-13(11-16)15(10-12)18-8-6-14(7-9-18)17(2)3/h4-5,10,14H,6-9,11,16H2,1-3H3. The quantitative estimate of drug-likeness (QED) is 0.886. The lowest BCUT2D eigenvalue weighted by Crippen LogP contribution is -2.42. The number of nitrogens with two attached hydrogens (primary N) is 1. The van der Waals surface area contributed by atoms with E-state index in [1.807, 2.05) is 0 Å². The van der Waals surface area contributed by atoms with Gasteiger partial charge in [-0.25, -0.2) is 0 Å². The summed E-state index contributed by atoms with van der Waals surface area (Å²) in [7, 11) is 4.36. The zero-order valence-corrected chi connectivity index (χ0v) is 11.8. The highest BCUT2D eigenvalue weighted by molar-refractivity contribution is 5.55. The van der Waals surface area contributed by atoms with Crippen molar-refractivity contribution in [1.82, 2.24) is 4.90 Å². The molecule has 0 aliphatic carbocycles. The van der Waals surface area contributed by atoms with Gasteiger partial charge in [0.1, 0.15) is 0 Å². The molecule has 1 fully saturated rings. The topological polar surface area (TPSA) is 32.5 Å². The number of hydrogen-bond donors (Lipinski definition) is 1. The minimum atomic E-state index is 0.628. The Morgan fingerprint density at radius 1 is 1.28 bits per heavy atom. The van der Waals surface area contributed by atoms with Crippen molar-refractivity contribution in [3.05, 3.63) is 29.3 Å². The Kier molecular flexibility index (Phi) is 4.25. The molecule has 1 saturated heterocycles. The molecule has 0 atom stereocenters. The third-order valence-electron chi connectivity index (χ3n) is 4.00. The van der Waals surface area contributed by atoms with E-state index in [-0.39, 0.29) is 0 Å². The highest BCUT2D eigenvalue weighted by Crippen LogP contribution is 2.26.